The van der Waals surface area contributed by atoms with Gasteiger partial charge in [0.2, 0.25) is 5.91 Å². The molecule has 9 nitrogen and oxygen atoms in total. The van der Waals surface area contributed by atoms with Crippen molar-refractivity contribution in [2.45, 2.75) is 51.6 Å². The summed E-state index contributed by atoms with van der Waals surface area (Å²) in [6.07, 6.45) is 4.24. The summed E-state index contributed by atoms with van der Waals surface area (Å²) >= 11 is 0. The van der Waals surface area contributed by atoms with Gasteiger partial charge in [0.15, 0.2) is 0 Å². The molecule has 0 unspecified atom stereocenters. The van der Waals surface area contributed by atoms with Gasteiger partial charge in [-0.05, 0) is 57.2 Å². The highest BCUT2D eigenvalue weighted by atomic mass is 16.5. The monoisotopic (exact) mass is 484 g/mol. The number of fused-ring (bicyclic) bond motifs is 1. The van der Waals surface area contributed by atoms with E-state index in [-0.39, 0.29) is 23.8 Å². The number of nitrogens with zero attached hydrogens (tertiary/aromatic N) is 2. The molecule has 0 spiro atoms. The Bertz CT molecular complexity index is 1050. The summed E-state index contributed by atoms with van der Waals surface area (Å²) in [7, 11) is 3.27. The highest BCUT2D eigenvalue weighted by Gasteiger charge is 2.29. The summed E-state index contributed by atoms with van der Waals surface area (Å²) in [5.41, 5.74) is 1.71. The Morgan fingerprint density at radius 1 is 1.14 bits per heavy atom. The Hall–Kier alpha value is -3.07. The standard InChI is InChI=1S/C26H36N4O5/c1-4-35-26(32)17-10-13-30(14-11-17)24-18(16-28-20-7-5-6-12-27-25(20)31)15-19-21(33-2)8-9-22(34-3)23(19)29-24/h8-9,15,17,20,28H,4-7,10-14,16H2,1-3H3,(H,27,31)/t20-/m0/s1. The molecule has 1 atom stereocenters. The fraction of sp³-hybridized carbons (Fsp3) is 0.577. The minimum Gasteiger partial charge on any atom is -0.496 e. The molecule has 35 heavy (non-hydrogen) atoms. The minimum absolute atomic E-state index is 0.0484. The molecule has 1 aromatic carbocycles. The lowest BCUT2D eigenvalue weighted by Gasteiger charge is -2.33. The zero-order valence-corrected chi connectivity index (χ0v) is 20.9. The zero-order valence-electron chi connectivity index (χ0n) is 20.9. The molecule has 2 fully saturated rings. The minimum atomic E-state index is -0.234. The molecule has 2 saturated heterocycles. The highest BCUT2D eigenvalue weighted by Crippen LogP contribution is 2.36. The van der Waals surface area contributed by atoms with E-state index in [1.165, 1.54) is 0 Å². The van der Waals surface area contributed by atoms with Crippen molar-refractivity contribution < 1.29 is 23.8 Å². The van der Waals surface area contributed by atoms with Gasteiger partial charge in [0.05, 0.1) is 32.8 Å². The number of methoxy groups -OCH3 is 2. The Kier molecular flexibility index (Phi) is 8.28. The number of pyridine rings is 1. The Labute approximate surface area is 206 Å². The molecule has 2 aliphatic heterocycles. The summed E-state index contributed by atoms with van der Waals surface area (Å²) in [6.45, 7) is 4.86. The first kappa shape index (κ1) is 25.0. The highest BCUT2D eigenvalue weighted by molar-refractivity contribution is 5.92. The number of hydrogen-bond donors (Lipinski definition) is 2. The molecular weight excluding hydrogens is 448 g/mol. The molecule has 190 valence electrons. The first-order valence-electron chi connectivity index (χ1n) is 12.5. The van der Waals surface area contributed by atoms with Gasteiger partial charge in [0.1, 0.15) is 22.8 Å². The van der Waals surface area contributed by atoms with E-state index >= 15 is 0 Å². The van der Waals surface area contributed by atoms with E-state index in [9.17, 15) is 9.59 Å². The maximum Gasteiger partial charge on any atom is 0.309 e. The van der Waals surface area contributed by atoms with Crippen molar-refractivity contribution in [3.8, 4) is 11.5 Å². The number of piperidine rings is 1. The number of rotatable bonds is 8. The smallest absolute Gasteiger partial charge is 0.309 e. The molecule has 2 N–H and O–H groups in total. The number of nitrogens with one attached hydrogen (secondary N) is 2. The average Bonchev–Trinajstić information content (AvgIpc) is 3.10. The summed E-state index contributed by atoms with van der Waals surface area (Å²) < 4.78 is 16.4. The van der Waals surface area contributed by atoms with E-state index in [2.05, 4.69) is 21.6 Å². The topological polar surface area (TPSA) is 102 Å². The molecule has 0 bridgehead atoms. The molecule has 1 aromatic heterocycles. The number of ether oxygens (including phenoxy) is 3. The normalized spacial score (nSPS) is 19.2. The number of hydrogen-bond acceptors (Lipinski definition) is 8. The first-order valence-corrected chi connectivity index (χ1v) is 12.5. The van der Waals surface area contributed by atoms with Crippen molar-refractivity contribution in [2.24, 2.45) is 5.92 Å². The van der Waals surface area contributed by atoms with Gasteiger partial charge in [-0.2, -0.15) is 0 Å². The molecule has 0 saturated carbocycles. The van der Waals surface area contributed by atoms with Gasteiger partial charge in [-0.15, -0.1) is 0 Å². The second-order valence-corrected chi connectivity index (χ2v) is 9.07. The number of benzene rings is 1. The van der Waals surface area contributed by atoms with Crippen molar-refractivity contribution >= 4 is 28.6 Å². The third kappa shape index (κ3) is 5.61. The quantitative estimate of drug-likeness (QED) is 0.552. The van der Waals surface area contributed by atoms with Crippen LogP contribution in [-0.4, -0.2) is 63.4 Å². The van der Waals surface area contributed by atoms with Gasteiger partial charge >= 0.3 is 5.97 Å². The predicted molar refractivity (Wildman–Crippen MR) is 134 cm³/mol. The molecule has 4 rings (SSSR count). The summed E-state index contributed by atoms with van der Waals surface area (Å²) in [5.74, 6) is 2.07. The number of aromatic nitrogens is 1. The number of amides is 1. The molecule has 3 heterocycles. The lowest BCUT2D eigenvalue weighted by atomic mass is 9.96. The number of carbonyl (C=O) groups excluding carboxylic acids is 2. The van der Waals surface area contributed by atoms with Crippen LogP contribution in [0.4, 0.5) is 5.82 Å². The molecule has 9 heteroatoms. The number of esters is 1. The second kappa shape index (κ2) is 11.6. The third-order valence-corrected chi connectivity index (χ3v) is 6.89. The SMILES string of the molecule is CCOC(=O)C1CCN(c2nc3c(OC)ccc(OC)c3cc2CN[C@H]2CCCCNC2=O)CC1. The van der Waals surface area contributed by atoms with Gasteiger partial charge in [0, 0.05) is 37.1 Å². The Morgan fingerprint density at radius 2 is 1.89 bits per heavy atom. The average molecular weight is 485 g/mol. The molecule has 0 aliphatic carbocycles. The molecular formula is C26H36N4O5. The predicted octanol–water partition coefficient (Wildman–Crippen LogP) is 2.79. The number of carbonyl (C=O) groups is 2. The zero-order chi connectivity index (χ0) is 24.8. The van der Waals surface area contributed by atoms with Crippen LogP contribution in [0.15, 0.2) is 18.2 Å². The van der Waals surface area contributed by atoms with Crippen molar-refractivity contribution in [2.75, 3.05) is 45.4 Å². The van der Waals surface area contributed by atoms with Crippen LogP contribution in [0.1, 0.15) is 44.6 Å². The van der Waals surface area contributed by atoms with E-state index < -0.39 is 0 Å². The number of anilines is 1. The Morgan fingerprint density at radius 3 is 2.60 bits per heavy atom. The van der Waals surface area contributed by atoms with Gasteiger partial charge in [0.25, 0.3) is 0 Å². The van der Waals surface area contributed by atoms with Crippen LogP contribution in [0.2, 0.25) is 0 Å². The molecule has 0 radical (unpaired) electrons. The second-order valence-electron chi connectivity index (χ2n) is 9.07. The summed E-state index contributed by atoms with van der Waals surface area (Å²) in [5, 5.41) is 7.31. The molecule has 1 amide bonds. The lowest BCUT2D eigenvalue weighted by molar-refractivity contribution is -0.148. The van der Waals surface area contributed by atoms with E-state index in [0.717, 1.165) is 48.1 Å². The van der Waals surface area contributed by atoms with Crippen LogP contribution in [0.5, 0.6) is 11.5 Å². The van der Waals surface area contributed by atoms with Crippen molar-refractivity contribution in [1.29, 1.82) is 0 Å². The van der Waals surface area contributed by atoms with Gasteiger partial charge in [-0.1, -0.05) is 0 Å². The van der Waals surface area contributed by atoms with Crippen LogP contribution < -0.4 is 25.0 Å². The van der Waals surface area contributed by atoms with E-state index in [1.807, 2.05) is 19.1 Å². The van der Waals surface area contributed by atoms with E-state index in [1.54, 1.807) is 14.2 Å². The lowest BCUT2D eigenvalue weighted by Crippen LogP contribution is -2.43. The van der Waals surface area contributed by atoms with Gasteiger partial charge in [-0.3, -0.25) is 9.59 Å². The van der Waals surface area contributed by atoms with Crippen LogP contribution in [0.3, 0.4) is 0 Å². The van der Waals surface area contributed by atoms with Crippen LogP contribution in [-0.2, 0) is 20.9 Å². The molecule has 2 aromatic rings. The van der Waals surface area contributed by atoms with Crippen LogP contribution in [0, 0.1) is 5.92 Å². The first-order chi connectivity index (χ1) is 17.0. The maximum atomic E-state index is 12.5. The third-order valence-electron chi connectivity index (χ3n) is 6.89. The van der Waals surface area contributed by atoms with Crippen molar-refractivity contribution in [1.82, 2.24) is 15.6 Å². The molecule has 2 aliphatic rings. The van der Waals surface area contributed by atoms with Crippen molar-refractivity contribution in [3.63, 3.8) is 0 Å². The van der Waals surface area contributed by atoms with Gasteiger partial charge < -0.3 is 29.7 Å². The fourth-order valence-corrected chi connectivity index (χ4v) is 4.94. The Balaban J connectivity index is 1.65. The largest absolute Gasteiger partial charge is 0.496 e. The van der Waals surface area contributed by atoms with Crippen LogP contribution in [0.25, 0.3) is 10.9 Å². The van der Waals surface area contributed by atoms with Crippen molar-refractivity contribution in [3.05, 3.63) is 23.8 Å². The maximum absolute atomic E-state index is 12.5. The summed E-state index contributed by atoms with van der Waals surface area (Å²) in [6, 6.07) is 5.59. The van der Waals surface area contributed by atoms with E-state index in [4.69, 9.17) is 19.2 Å². The van der Waals surface area contributed by atoms with E-state index in [0.29, 0.717) is 50.6 Å². The summed E-state index contributed by atoms with van der Waals surface area (Å²) in [4.78, 5) is 32.0. The van der Waals surface area contributed by atoms with Crippen LogP contribution >= 0.6 is 0 Å². The fourth-order valence-electron chi connectivity index (χ4n) is 4.94. The van der Waals surface area contributed by atoms with Gasteiger partial charge in [-0.25, -0.2) is 4.98 Å².